The van der Waals surface area contributed by atoms with Crippen molar-refractivity contribution in [1.82, 2.24) is 0 Å². The van der Waals surface area contributed by atoms with Crippen LogP contribution in [0.25, 0.3) is 0 Å². The van der Waals surface area contributed by atoms with Crippen molar-refractivity contribution in [3.8, 4) is 0 Å². The fraction of sp³-hybridized carbons (Fsp3) is 0.933. The Kier molecular flexibility index (Phi) is 10.1. The molecule has 0 spiro atoms. The van der Waals surface area contributed by atoms with Crippen LogP contribution < -0.4 is 0 Å². The topological polar surface area (TPSA) is 63.2 Å². The van der Waals surface area contributed by atoms with E-state index in [2.05, 4.69) is 72.0 Å². The maximum Gasteiger partial charge on any atom is 0.314 e. The number of hydrogen-bond donors (Lipinski definition) is 0. The Morgan fingerprint density at radius 3 is 1.50 bits per heavy atom. The highest BCUT2D eigenvalue weighted by molar-refractivity contribution is 6.90. The first kappa shape index (κ1) is 26.6. The van der Waals surface area contributed by atoms with E-state index in [0.29, 0.717) is 6.61 Å². The van der Waals surface area contributed by atoms with Crippen LogP contribution in [0.15, 0.2) is 0 Å². The predicted molar refractivity (Wildman–Crippen MR) is 119 cm³/mol. The lowest BCUT2D eigenvalue weighted by Crippen LogP contribution is -2.58. The summed E-state index contributed by atoms with van der Waals surface area (Å²) >= 11 is 0. The van der Waals surface area contributed by atoms with Gasteiger partial charge in [0.25, 0.3) is 0 Å². The van der Waals surface area contributed by atoms with Crippen LogP contribution >= 0.6 is 0 Å². The van der Waals surface area contributed by atoms with Gasteiger partial charge in [0.05, 0.1) is 0 Å². The molecule has 0 saturated carbocycles. The minimum absolute atomic E-state index is 0.145. The number of ether oxygens (including phenoxy) is 1. The van der Waals surface area contributed by atoms with Crippen LogP contribution in [0.1, 0.15) is 0 Å². The molecule has 0 atom stereocenters. The molecule has 0 aromatic heterocycles. The second kappa shape index (κ2) is 9.85. The molecular weight excluding hydrogens is 417 g/mol. The standard InChI is InChI=1S/C15H40O6Si5/c1-22(2,3)18-24(6,7)20-26(10,11)21-25(8,9)19-23(4,5)15-14-17-13-12-16/h12H,13-15H2,1-11H3. The summed E-state index contributed by atoms with van der Waals surface area (Å²) in [6.07, 6.45) is 0.775. The highest BCUT2D eigenvalue weighted by Crippen LogP contribution is 2.26. The largest absolute Gasteiger partial charge is 0.437 e. The molecule has 6 nitrogen and oxygen atoms in total. The van der Waals surface area contributed by atoms with Crippen molar-refractivity contribution in [3.05, 3.63) is 0 Å². The van der Waals surface area contributed by atoms with E-state index in [1.165, 1.54) is 0 Å². The van der Waals surface area contributed by atoms with Gasteiger partial charge in [-0.15, -0.1) is 0 Å². The molecule has 0 aromatic carbocycles. The lowest BCUT2D eigenvalue weighted by molar-refractivity contribution is -0.111. The zero-order chi connectivity index (χ0) is 20.9. The minimum atomic E-state index is -2.38. The second-order valence-electron chi connectivity index (χ2n) is 9.47. The average Bonchev–Trinajstić information content (AvgIpc) is 2.26. The van der Waals surface area contributed by atoms with E-state index in [4.69, 9.17) is 21.2 Å². The summed E-state index contributed by atoms with van der Waals surface area (Å²) in [5.41, 5.74) is 0. The summed E-state index contributed by atoms with van der Waals surface area (Å²) in [5.74, 6) is 0. The molecule has 11 heteroatoms. The quantitative estimate of drug-likeness (QED) is 0.232. The normalized spacial score (nSPS) is 14.6. The van der Waals surface area contributed by atoms with Gasteiger partial charge >= 0.3 is 25.7 Å². The summed E-state index contributed by atoms with van der Waals surface area (Å²) in [4.78, 5) is 10.3. The first-order valence-electron chi connectivity index (χ1n) is 9.21. The van der Waals surface area contributed by atoms with Gasteiger partial charge in [-0.05, 0) is 78.1 Å². The van der Waals surface area contributed by atoms with Crippen molar-refractivity contribution in [3.63, 3.8) is 0 Å². The summed E-state index contributed by atoms with van der Waals surface area (Å²) in [6, 6.07) is 0.836. The van der Waals surface area contributed by atoms with Crippen LogP contribution in [0.3, 0.4) is 0 Å². The van der Waals surface area contributed by atoms with E-state index < -0.39 is 42.3 Å². The van der Waals surface area contributed by atoms with E-state index in [1.54, 1.807) is 0 Å². The van der Waals surface area contributed by atoms with E-state index in [-0.39, 0.29) is 6.61 Å². The number of rotatable bonds is 13. The van der Waals surface area contributed by atoms with Gasteiger partial charge in [0.15, 0.2) is 16.6 Å². The molecule has 0 amide bonds. The number of carbonyl (C=O) groups excluding carboxylic acids is 1. The fourth-order valence-corrected chi connectivity index (χ4v) is 26.5. The molecule has 0 N–H and O–H groups in total. The second-order valence-corrected chi connectivity index (χ2v) is 29.4. The van der Waals surface area contributed by atoms with Crippen molar-refractivity contribution in [2.75, 3.05) is 13.2 Å². The maximum atomic E-state index is 10.3. The molecule has 156 valence electrons. The predicted octanol–water partition coefficient (Wildman–Crippen LogP) is 4.41. The average molecular weight is 457 g/mol. The highest BCUT2D eigenvalue weighted by Gasteiger charge is 2.45. The van der Waals surface area contributed by atoms with Gasteiger partial charge in [0.1, 0.15) is 12.9 Å². The first-order valence-corrected chi connectivity index (χ1v) is 24.2. The van der Waals surface area contributed by atoms with Crippen LogP contribution in [0.2, 0.25) is 78.1 Å². The van der Waals surface area contributed by atoms with Crippen molar-refractivity contribution < 1.29 is 26.0 Å². The van der Waals surface area contributed by atoms with Gasteiger partial charge in [0, 0.05) is 6.61 Å². The van der Waals surface area contributed by atoms with Crippen LogP contribution in [0.5, 0.6) is 0 Å². The summed E-state index contributed by atoms with van der Waals surface area (Å²) in [5, 5.41) is 0. The molecule has 0 aliphatic carbocycles. The third-order valence-corrected chi connectivity index (χ3v) is 21.0. The molecule has 0 heterocycles. The zero-order valence-corrected chi connectivity index (χ0v) is 23.6. The smallest absolute Gasteiger partial charge is 0.314 e. The summed E-state index contributed by atoms with van der Waals surface area (Å²) in [7, 11) is -10.6. The number of carbonyl (C=O) groups is 1. The summed E-state index contributed by atoms with van der Waals surface area (Å²) in [6.45, 7) is 24.1. The van der Waals surface area contributed by atoms with E-state index in [0.717, 1.165) is 12.3 Å². The third-order valence-electron chi connectivity index (χ3n) is 3.09. The number of hydrogen-bond acceptors (Lipinski definition) is 6. The lowest BCUT2D eigenvalue weighted by Gasteiger charge is -2.42. The molecule has 0 aliphatic rings. The maximum absolute atomic E-state index is 10.3. The molecule has 0 rings (SSSR count). The molecule has 0 aromatic rings. The highest BCUT2D eigenvalue weighted by atomic mass is 28.5. The minimum Gasteiger partial charge on any atom is -0.437 e. The van der Waals surface area contributed by atoms with Crippen LogP contribution in [-0.2, 0) is 26.0 Å². The Bertz CT molecular complexity index is 448. The van der Waals surface area contributed by atoms with Crippen molar-refractivity contribution in [2.45, 2.75) is 78.1 Å². The third kappa shape index (κ3) is 13.7. The fourth-order valence-electron chi connectivity index (χ4n) is 3.15. The molecule has 0 radical (unpaired) electrons. The van der Waals surface area contributed by atoms with Crippen LogP contribution in [-0.4, -0.2) is 61.8 Å². The Balaban J connectivity index is 4.80. The Labute approximate surface area is 165 Å². The zero-order valence-electron chi connectivity index (χ0n) is 18.6. The number of aldehydes is 1. The monoisotopic (exact) mass is 456 g/mol. The molecule has 0 bridgehead atoms. The Hall–Kier alpha value is 0.554. The van der Waals surface area contributed by atoms with Crippen LogP contribution in [0, 0.1) is 0 Å². The molecule has 0 aliphatic heterocycles. The van der Waals surface area contributed by atoms with Gasteiger partial charge < -0.3 is 26.0 Å². The van der Waals surface area contributed by atoms with Crippen molar-refractivity contribution in [1.29, 1.82) is 0 Å². The van der Waals surface area contributed by atoms with E-state index in [9.17, 15) is 4.79 Å². The van der Waals surface area contributed by atoms with Crippen LogP contribution in [0.4, 0.5) is 0 Å². The van der Waals surface area contributed by atoms with Gasteiger partial charge in [-0.1, -0.05) is 0 Å². The Morgan fingerprint density at radius 1 is 0.654 bits per heavy atom. The molecule has 26 heavy (non-hydrogen) atoms. The van der Waals surface area contributed by atoms with Gasteiger partial charge in [-0.25, -0.2) is 0 Å². The molecule has 0 unspecified atom stereocenters. The van der Waals surface area contributed by atoms with E-state index in [1.807, 2.05) is 0 Å². The van der Waals surface area contributed by atoms with Gasteiger partial charge in [-0.3, -0.25) is 0 Å². The Morgan fingerprint density at radius 2 is 1.08 bits per heavy atom. The van der Waals surface area contributed by atoms with Gasteiger partial charge in [0.2, 0.25) is 0 Å². The SMILES string of the molecule is C[Si](C)(C)O[Si](C)(C)O[Si](C)(C)O[Si](C)(C)O[Si](C)(C)CCOCC=O. The lowest BCUT2D eigenvalue weighted by atomic mass is 10.8. The molecule has 0 saturated heterocycles. The molecule has 0 fully saturated rings. The first-order chi connectivity index (χ1) is 11.4. The summed E-state index contributed by atoms with van der Waals surface area (Å²) < 4.78 is 31.0. The van der Waals surface area contributed by atoms with Gasteiger partial charge in [-0.2, -0.15) is 0 Å². The van der Waals surface area contributed by atoms with Crippen molar-refractivity contribution >= 4 is 48.6 Å². The van der Waals surface area contributed by atoms with E-state index >= 15 is 0 Å². The molecular formula is C15H40O6Si5. The van der Waals surface area contributed by atoms with Crippen molar-refractivity contribution in [2.24, 2.45) is 0 Å².